The topological polar surface area (TPSA) is 0 Å². The smallest absolute Gasteiger partial charge is 0.0622 e. The minimum atomic E-state index is -0.481. The summed E-state index contributed by atoms with van der Waals surface area (Å²) in [5, 5.41) is 2.15. The summed E-state index contributed by atoms with van der Waals surface area (Å²) < 4.78 is 74.8. The van der Waals surface area contributed by atoms with Gasteiger partial charge in [-0.2, -0.15) is 0 Å². The first-order valence-electron chi connectivity index (χ1n) is 12.7. The second-order valence-corrected chi connectivity index (χ2v) is 5.94. The van der Waals surface area contributed by atoms with E-state index in [1.807, 2.05) is 24.3 Å². The van der Waals surface area contributed by atoms with Gasteiger partial charge in [0.05, 0.1) is 12.3 Å². The Hall–Kier alpha value is -3.38. The van der Waals surface area contributed by atoms with Gasteiger partial charge in [-0.15, -0.1) is 0 Å². The van der Waals surface area contributed by atoms with E-state index >= 15 is 0 Å². The lowest BCUT2D eigenvalue weighted by Crippen LogP contribution is -1.89. The zero-order valence-electron chi connectivity index (χ0n) is 22.7. The summed E-state index contributed by atoms with van der Waals surface area (Å²) in [5.41, 5.74) is 1.45. The monoisotopic (exact) mass is 339 g/mol. The first-order chi connectivity index (χ1) is 16.6. The van der Waals surface area contributed by atoms with E-state index in [2.05, 4.69) is 0 Å². The Labute approximate surface area is 166 Å². The van der Waals surface area contributed by atoms with Gasteiger partial charge in [0.2, 0.25) is 0 Å². The highest BCUT2D eigenvalue weighted by Crippen LogP contribution is 2.40. The van der Waals surface area contributed by atoms with Crippen LogP contribution < -0.4 is 0 Å². The summed E-state index contributed by atoms with van der Waals surface area (Å²) in [6, 6.07) is 12.9. The molecule has 0 saturated heterocycles. The minimum Gasteiger partial charge on any atom is -0.0622 e. The Bertz CT molecular complexity index is 1660. The third-order valence-corrected chi connectivity index (χ3v) is 4.46. The molecule has 0 nitrogen and oxygen atoms in total. The highest BCUT2D eigenvalue weighted by atomic mass is 14.2. The van der Waals surface area contributed by atoms with Crippen LogP contribution in [0.15, 0.2) is 109 Å². The van der Waals surface area contributed by atoms with Gasteiger partial charge in [0.25, 0.3) is 0 Å². The predicted molar refractivity (Wildman–Crippen MR) is 112 cm³/mol. The lowest BCUT2D eigenvalue weighted by atomic mass is 9.88. The number of fused-ring (bicyclic) bond motifs is 2. The molecule has 5 aromatic rings. The molecule has 0 bridgehead atoms. The van der Waals surface area contributed by atoms with Gasteiger partial charge >= 0.3 is 0 Å². The first kappa shape index (κ1) is 8.33. The molecule has 0 amide bonds. The van der Waals surface area contributed by atoms with Gasteiger partial charge in [-0.05, 0) is 49.9 Å². The Kier molecular flexibility index (Phi) is 1.98. The standard InChI is InChI=1S/C26H18/c1-2-10-19(11-3-1)22-14-8-9-17-25(22)26-23-15-6-4-12-20(23)18-21-13-5-7-16-24(21)26/h1-18H/i1D,2D,3D,4D,6D,10D,11D,12D,15D. The SMILES string of the molecule is [2H]c1c([2H])c([2H])c(-c2ccccc2-c2c3ccccc3cc3c([2H])c([2H])c([2H])c([2H])c23)c([2H])c1[2H]. The molecule has 0 unspecified atom stereocenters. The summed E-state index contributed by atoms with van der Waals surface area (Å²) >= 11 is 0. The average molecular weight is 339 g/mol. The predicted octanol–water partition coefficient (Wildman–Crippen LogP) is 7.33. The molecule has 0 radical (unpaired) electrons. The molecule has 5 aromatic carbocycles. The molecular formula is C26H18. The Balaban J connectivity index is 2.03. The van der Waals surface area contributed by atoms with Crippen LogP contribution in [0.3, 0.4) is 0 Å². The van der Waals surface area contributed by atoms with Crippen LogP contribution in [-0.4, -0.2) is 0 Å². The Morgan fingerprint density at radius 3 is 2.12 bits per heavy atom. The molecule has 0 saturated carbocycles. The van der Waals surface area contributed by atoms with Crippen molar-refractivity contribution in [1.82, 2.24) is 0 Å². The highest BCUT2D eigenvalue weighted by molar-refractivity contribution is 6.14. The lowest BCUT2D eigenvalue weighted by molar-refractivity contribution is 1.61. The molecule has 122 valence electrons. The van der Waals surface area contributed by atoms with Crippen molar-refractivity contribution in [2.75, 3.05) is 0 Å². The molecular weight excluding hydrogens is 312 g/mol. The van der Waals surface area contributed by atoms with E-state index in [4.69, 9.17) is 12.3 Å². The molecule has 5 rings (SSSR count). The van der Waals surface area contributed by atoms with Crippen molar-refractivity contribution < 1.29 is 12.3 Å². The van der Waals surface area contributed by atoms with Gasteiger partial charge in [0.1, 0.15) is 0 Å². The van der Waals surface area contributed by atoms with Crippen molar-refractivity contribution >= 4 is 21.5 Å². The largest absolute Gasteiger partial charge is 0.0629 e. The quantitative estimate of drug-likeness (QED) is 0.295. The van der Waals surface area contributed by atoms with E-state index in [0.29, 0.717) is 27.5 Å². The number of hydrogen-bond donors (Lipinski definition) is 0. The van der Waals surface area contributed by atoms with Crippen molar-refractivity contribution in [3.63, 3.8) is 0 Å². The molecule has 0 N–H and O–H groups in total. The highest BCUT2D eigenvalue weighted by Gasteiger charge is 2.13. The maximum atomic E-state index is 8.70. The summed E-state index contributed by atoms with van der Waals surface area (Å²) in [5.74, 6) is 0. The van der Waals surface area contributed by atoms with Crippen LogP contribution in [-0.2, 0) is 0 Å². The van der Waals surface area contributed by atoms with E-state index in [9.17, 15) is 0 Å². The zero-order chi connectivity index (χ0) is 25.2. The summed E-state index contributed by atoms with van der Waals surface area (Å²) in [6.45, 7) is 0. The van der Waals surface area contributed by atoms with Crippen molar-refractivity contribution in [2.45, 2.75) is 0 Å². The van der Waals surface area contributed by atoms with Crippen LogP contribution in [0.4, 0.5) is 0 Å². The van der Waals surface area contributed by atoms with Gasteiger partial charge in [-0.1, -0.05) is 103 Å². The third kappa shape index (κ3) is 2.39. The van der Waals surface area contributed by atoms with E-state index in [1.165, 1.54) is 0 Å². The average Bonchev–Trinajstić information content (AvgIpc) is 2.87. The Morgan fingerprint density at radius 1 is 0.538 bits per heavy atom. The lowest BCUT2D eigenvalue weighted by Gasteiger charge is -2.16. The molecule has 0 aliphatic carbocycles. The molecule has 0 aliphatic heterocycles. The summed E-state index contributed by atoms with van der Waals surface area (Å²) in [7, 11) is 0. The van der Waals surface area contributed by atoms with Crippen molar-refractivity contribution in [3.05, 3.63) is 109 Å². The molecule has 0 aromatic heterocycles. The second kappa shape index (κ2) is 6.16. The minimum absolute atomic E-state index is 0.0357. The van der Waals surface area contributed by atoms with Crippen LogP contribution in [0.2, 0.25) is 0 Å². The number of hydrogen-bond acceptors (Lipinski definition) is 0. The Morgan fingerprint density at radius 2 is 1.23 bits per heavy atom. The molecule has 0 aliphatic rings. The van der Waals surface area contributed by atoms with E-state index in [1.54, 1.807) is 30.3 Å². The molecule has 0 fully saturated rings. The molecule has 26 heavy (non-hydrogen) atoms. The fourth-order valence-electron chi connectivity index (χ4n) is 3.35. The molecule has 0 spiro atoms. The molecule has 0 heteroatoms. The van der Waals surface area contributed by atoms with Crippen molar-refractivity contribution in [2.24, 2.45) is 0 Å². The first-order valence-corrected chi connectivity index (χ1v) is 8.23. The van der Waals surface area contributed by atoms with E-state index < -0.39 is 18.1 Å². The number of rotatable bonds is 2. The summed E-state index contributed by atoms with van der Waals surface area (Å²) in [4.78, 5) is 0. The van der Waals surface area contributed by atoms with Gasteiger partial charge in [-0.25, -0.2) is 0 Å². The maximum absolute atomic E-state index is 8.70. The van der Waals surface area contributed by atoms with Gasteiger partial charge in [0.15, 0.2) is 0 Å². The normalized spacial score (nSPS) is 15.9. The molecule has 0 atom stereocenters. The molecule has 0 heterocycles. The van der Waals surface area contributed by atoms with Crippen LogP contribution in [0.25, 0.3) is 43.8 Å². The van der Waals surface area contributed by atoms with Crippen LogP contribution in [0.1, 0.15) is 12.3 Å². The zero-order valence-corrected chi connectivity index (χ0v) is 13.7. The van der Waals surface area contributed by atoms with Gasteiger partial charge in [0, 0.05) is 0 Å². The van der Waals surface area contributed by atoms with Gasteiger partial charge < -0.3 is 0 Å². The van der Waals surface area contributed by atoms with E-state index in [0.717, 1.165) is 10.8 Å². The fourth-order valence-corrected chi connectivity index (χ4v) is 3.35. The maximum Gasteiger partial charge on any atom is 0.0629 e. The number of benzene rings is 5. The van der Waals surface area contributed by atoms with E-state index in [-0.39, 0.29) is 41.8 Å². The third-order valence-electron chi connectivity index (χ3n) is 4.46. The fraction of sp³-hybridized carbons (Fsp3) is 0. The van der Waals surface area contributed by atoms with Crippen LogP contribution >= 0.6 is 0 Å². The van der Waals surface area contributed by atoms with Crippen LogP contribution in [0, 0.1) is 0 Å². The van der Waals surface area contributed by atoms with Gasteiger partial charge in [-0.3, -0.25) is 0 Å². The second-order valence-electron chi connectivity index (χ2n) is 5.94. The van der Waals surface area contributed by atoms with Crippen molar-refractivity contribution in [3.8, 4) is 22.3 Å². The van der Waals surface area contributed by atoms with Crippen LogP contribution in [0.5, 0.6) is 0 Å². The van der Waals surface area contributed by atoms with Crippen molar-refractivity contribution in [1.29, 1.82) is 0 Å². The summed E-state index contributed by atoms with van der Waals surface area (Å²) in [6.07, 6.45) is 0.